The standard InChI is InChI=1S/C16H19N3O/c17-12-6-8-13(9-7-12)18-16(20)15-10-5-11-3-1-2-4-14(11)19-15/h1-5,10,12-13H,6-9,17H2,(H,18,20)/t12-,13-. The molecule has 1 aromatic carbocycles. The van der Waals surface area contributed by atoms with E-state index < -0.39 is 0 Å². The number of aromatic nitrogens is 1. The van der Waals surface area contributed by atoms with Crippen molar-refractivity contribution >= 4 is 16.8 Å². The molecule has 2 aromatic rings. The monoisotopic (exact) mass is 269 g/mol. The third kappa shape index (κ3) is 2.80. The summed E-state index contributed by atoms with van der Waals surface area (Å²) in [6.45, 7) is 0. The van der Waals surface area contributed by atoms with Crippen LogP contribution in [-0.4, -0.2) is 23.0 Å². The largest absolute Gasteiger partial charge is 0.348 e. The number of hydrogen-bond donors (Lipinski definition) is 2. The molecule has 1 heterocycles. The Morgan fingerprint density at radius 3 is 2.65 bits per heavy atom. The molecular formula is C16H19N3O. The third-order valence-corrected chi connectivity index (χ3v) is 3.94. The first kappa shape index (κ1) is 13.1. The van der Waals surface area contributed by atoms with Gasteiger partial charge in [-0.05, 0) is 37.8 Å². The normalized spacial score (nSPS) is 22.6. The summed E-state index contributed by atoms with van der Waals surface area (Å²) in [4.78, 5) is 16.7. The Hall–Kier alpha value is -1.94. The van der Waals surface area contributed by atoms with E-state index in [1.165, 1.54) is 0 Å². The summed E-state index contributed by atoms with van der Waals surface area (Å²) in [6, 6.07) is 12.1. The molecule has 0 saturated heterocycles. The second-order valence-corrected chi connectivity index (χ2v) is 5.47. The van der Waals surface area contributed by atoms with E-state index in [9.17, 15) is 4.79 Å². The number of rotatable bonds is 2. The van der Waals surface area contributed by atoms with Gasteiger partial charge in [0, 0.05) is 17.5 Å². The molecule has 1 saturated carbocycles. The SMILES string of the molecule is N[C@H]1CC[C@H](NC(=O)c2ccc3ccccc3n2)CC1. The minimum atomic E-state index is -0.0868. The molecule has 1 aliphatic rings. The summed E-state index contributed by atoms with van der Waals surface area (Å²) < 4.78 is 0. The lowest BCUT2D eigenvalue weighted by Crippen LogP contribution is -2.40. The molecule has 1 aliphatic carbocycles. The maximum Gasteiger partial charge on any atom is 0.270 e. The van der Waals surface area contributed by atoms with Crippen molar-refractivity contribution in [1.29, 1.82) is 0 Å². The van der Waals surface area contributed by atoms with Crippen molar-refractivity contribution in [1.82, 2.24) is 10.3 Å². The second-order valence-electron chi connectivity index (χ2n) is 5.47. The number of para-hydroxylation sites is 1. The molecule has 1 amide bonds. The quantitative estimate of drug-likeness (QED) is 0.878. The number of amides is 1. The van der Waals surface area contributed by atoms with Gasteiger partial charge in [0.25, 0.3) is 5.91 Å². The van der Waals surface area contributed by atoms with Crippen LogP contribution in [0.5, 0.6) is 0 Å². The number of carbonyl (C=O) groups excluding carboxylic acids is 1. The molecule has 0 bridgehead atoms. The van der Waals surface area contributed by atoms with Crippen LogP contribution >= 0.6 is 0 Å². The number of nitrogens with zero attached hydrogens (tertiary/aromatic N) is 1. The fourth-order valence-corrected chi connectivity index (χ4v) is 2.72. The molecular weight excluding hydrogens is 250 g/mol. The van der Waals surface area contributed by atoms with Crippen molar-refractivity contribution in [3.8, 4) is 0 Å². The Bertz CT molecular complexity index is 618. The van der Waals surface area contributed by atoms with E-state index in [1.54, 1.807) is 6.07 Å². The average Bonchev–Trinajstić information content (AvgIpc) is 2.49. The number of nitrogens with one attached hydrogen (secondary N) is 1. The Kier molecular flexibility index (Phi) is 3.65. The second kappa shape index (κ2) is 5.59. The van der Waals surface area contributed by atoms with Crippen LogP contribution in [0.25, 0.3) is 10.9 Å². The van der Waals surface area contributed by atoms with E-state index in [4.69, 9.17) is 5.73 Å². The maximum absolute atomic E-state index is 12.2. The van der Waals surface area contributed by atoms with Crippen LogP contribution in [0.15, 0.2) is 36.4 Å². The van der Waals surface area contributed by atoms with Crippen molar-refractivity contribution in [3.05, 3.63) is 42.1 Å². The Balaban J connectivity index is 1.72. The van der Waals surface area contributed by atoms with Crippen LogP contribution in [0.3, 0.4) is 0 Å². The molecule has 0 spiro atoms. The lowest BCUT2D eigenvalue weighted by atomic mass is 9.92. The van der Waals surface area contributed by atoms with Gasteiger partial charge in [-0.1, -0.05) is 24.3 Å². The number of pyridine rings is 1. The number of nitrogens with two attached hydrogens (primary N) is 1. The van der Waals surface area contributed by atoms with Gasteiger partial charge < -0.3 is 11.1 Å². The molecule has 0 unspecified atom stereocenters. The van der Waals surface area contributed by atoms with Gasteiger partial charge in [0.05, 0.1) is 5.52 Å². The van der Waals surface area contributed by atoms with Gasteiger partial charge in [0.2, 0.25) is 0 Å². The molecule has 4 nitrogen and oxygen atoms in total. The highest BCUT2D eigenvalue weighted by Crippen LogP contribution is 2.18. The first-order valence-corrected chi connectivity index (χ1v) is 7.14. The topological polar surface area (TPSA) is 68.0 Å². The summed E-state index contributed by atoms with van der Waals surface area (Å²) in [5, 5.41) is 4.11. The average molecular weight is 269 g/mol. The molecule has 3 rings (SSSR count). The molecule has 1 fully saturated rings. The zero-order valence-electron chi connectivity index (χ0n) is 11.4. The molecule has 20 heavy (non-hydrogen) atoms. The molecule has 0 radical (unpaired) electrons. The summed E-state index contributed by atoms with van der Waals surface area (Å²) in [5.74, 6) is -0.0868. The summed E-state index contributed by atoms with van der Waals surface area (Å²) in [7, 11) is 0. The van der Waals surface area contributed by atoms with E-state index in [2.05, 4.69) is 10.3 Å². The smallest absolute Gasteiger partial charge is 0.270 e. The van der Waals surface area contributed by atoms with E-state index in [1.807, 2.05) is 30.3 Å². The van der Waals surface area contributed by atoms with Crippen molar-refractivity contribution in [2.24, 2.45) is 5.73 Å². The molecule has 104 valence electrons. The number of benzene rings is 1. The molecule has 1 aromatic heterocycles. The number of fused-ring (bicyclic) bond motifs is 1. The Labute approximate surface area is 118 Å². The van der Waals surface area contributed by atoms with Crippen LogP contribution in [-0.2, 0) is 0 Å². The Morgan fingerprint density at radius 1 is 1.10 bits per heavy atom. The number of hydrogen-bond acceptors (Lipinski definition) is 3. The van der Waals surface area contributed by atoms with Gasteiger partial charge >= 0.3 is 0 Å². The molecule has 0 aliphatic heterocycles. The molecule has 4 heteroatoms. The highest BCUT2D eigenvalue weighted by atomic mass is 16.1. The van der Waals surface area contributed by atoms with Crippen LogP contribution < -0.4 is 11.1 Å². The predicted molar refractivity (Wildman–Crippen MR) is 79.4 cm³/mol. The molecule has 3 N–H and O–H groups in total. The van der Waals surface area contributed by atoms with Crippen LogP contribution in [0.1, 0.15) is 36.2 Å². The molecule has 0 atom stereocenters. The fourth-order valence-electron chi connectivity index (χ4n) is 2.72. The summed E-state index contributed by atoms with van der Waals surface area (Å²) in [6.07, 6.45) is 3.88. The maximum atomic E-state index is 12.2. The third-order valence-electron chi connectivity index (χ3n) is 3.94. The van der Waals surface area contributed by atoms with Gasteiger partial charge in [0.1, 0.15) is 5.69 Å². The first-order chi connectivity index (χ1) is 9.72. The lowest BCUT2D eigenvalue weighted by Gasteiger charge is -2.26. The van der Waals surface area contributed by atoms with Crippen molar-refractivity contribution in [2.75, 3.05) is 0 Å². The van der Waals surface area contributed by atoms with Crippen molar-refractivity contribution in [3.63, 3.8) is 0 Å². The van der Waals surface area contributed by atoms with E-state index in [-0.39, 0.29) is 11.9 Å². The predicted octanol–water partition coefficient (Wildman–Crippen LogP) is 2.23. The van der Waals surface area contributed by atoms with Gasteiger partial charge in [-0.25, -0.2) is 4.98 Å². The highest BCUT2D eigenvalue weighted by Gasteiger charge is 2.21. The van der Waals surface area contributed by atoms with E-state index in [0.717, 1.165) is 36.6 Å². The van der Waals surface area contributed by atoms with Crippen LogP contribution in [0.2, 0.25) is 0 Å². The van der Waals surface area contributed by atoms with Crippen molar-refractivity contribution in [2.45, 2.75) is 37.8 Å². The minimum absolute atomic E-state index is 0.0868. The summed E-state index contributed by atoms with van der Waals surface area (Å²) >= 11 is 0. The lowest BCUT2D eigenvalue weighted by molar-refractivity contribution is 0.0921. The fraction of sp³-hybridized carbons (Fsp3) is 0.375. The minimum Gasteiger partial charge on any atom is -0.348 e. The zero-order valence-corrected chi connectivity index (χ0v) is 11.4. The van der Waals surface area contributed by atoms with Gasteiger partial charge in [-0.3, -0.25) is 4.79 Å². The van der Waals surface area contributed by atoms with Crippen LogP contribution in [0, 0.1) is 0 Å². The highest BCUT2D eigenvalue weighted by molar-refractivity contribution is 5.95. The zero-order chi connectivity index (χ0) is 13.9. The van der Waals surface area contributed by atoms with Gasteiger partial charge in [-0.15, -0.1) is 0 Å². The van der Waals surface area contributed by atoms with E-state index >= 15 is 0 Å². The summed E-state index contributed by atoms with van der Waals surface area (Å²) in [5.41, 5.74) is 7.21. The van der Waals surface area contributed by atoms with Gasteiger partial charge in [-0.2, -0.15) is 0 Å². The van der Waals surface area contributed by atoms with Crippen molar-refractivity contribution < 1.29 is 4.79 Å². The number of carbonyl (C=O) groups is 1. The first-order valence-electron chi connectivity index (χ1n) is 7.14. The Morgan fingerprint density at radius 2 is 1.85 bits per heavy atom. The van der Waals surface area contributed by atoms with E-state index in [0.29, 0.717) is 11.7 Å². The van der Waals surface area contributed by atoms with Crippen LogP contribution in [0.4, 0.5) is 0 Å². The van der Waals surface area contributed by atoms with Gasteiger partial charge in [0.15, 0.2) is 0 Å².